The predicted molar refractivity (Wildman–Crippen MR) is 71.5 cm³/mol. The van der Waals surface area contributed by atoms with Gasteiger partial charge >= 0.3 is 0 Å². The van der Waals surface area contributed by atoms with Crippen LogP contribution in [0.1, 0.15) is 25.7 Å². The number of hydrogen-bond donors (Lipinski definition) is 1. The van der Waals surface area contributed by atoms with Crippen LogP contribution < -0.4 is 5.32 Å². The van der Waals surface area contributed by atoms with E-state index in [1.807, 2.05) is 9.80 Å². The summed E-state index contributed by atoms with van der Waals surface area (Å²) in [5, 5.41) is 2.91. The van der Waals surface area contributed by atoms with Gasteiger partial charge in [0.05, 0.1) is 6.54 Å². The molecule has 1 aliphatic carbocycles. The summed E-state index contributed by atoms with van der Waals surface area (Å²) in [7, 11) is 1.80. The fourth-order valence-electron chi connectivity index (χ4n) is 3.32. The number of carbonyl (C=O) groups excluding carboxylic acids is 2. The van der Waals surface area contributed by atoms with Crippen molar-refractivity contribution in [2.75, 3.05) is 39.8 Å². The van der Waals surface area contributed by atoms with Crippen molar-refractivity contribution >= 4 is 11.8 Å². The number of likely N-dealkylation sites (N-methyl/N-ethyl adjacent to an activating group) is 1. The molecule has 0 atom stereocenters. The molecule has 106 valence electrons. The molecule has 2 saturated heterocycles. The van der Waals surface area contributed by atoms with E-state index >= 15 is 0 Å². The Hall–Kier alpha value is -1.10. The van der Waals surface area contributed by atoms with Crippen LogP contribution in [-0.2, 0) is 9.59 Å². The van der Waals surface area contributed by atoms with Crippen LogP contribution in [0.25, 0.3) is 0 Å². The van der Waals surface area contributed by atoms with Crippen LogP contribution in [0.2, 0.25) is 0 Å². The first-order chi connectivity index (χ1) is 9.13. The van der Waals surface area contributed by atoms with E-state index in [4.69, 9.17) is 0 Å². The highest BCUT2D eigenvalue weighted by Crippen LogP contribution is 2.43. The van der Waals surface area contributed by atoms with Crippen LogP contribution in [0.5, 0.6) is 0 Å². The lowest BCUT2D eigenvalue weighted by atomic mass is 9.72. The first-order valence-electron chi connectivity index (χ1n) is 7.35. The Morgan fingerprint density at radius 2 is 1.79 bits per heavy atom. The molecule has 1 N–H and O–H groups in total. The van der Waals surface area contributed by atoms with Crippen LogP contribution in [0.3, 0.4) is 0 Å². The predicted octanol–water partition coefficient (Wildman–Crippen LogP) is 0.0668. The van der Waals surface area contributed by atoms with E-state index in [1.165, 1.54) is 0 Å². The molecule has 3 rings (SSSR count). The molecule has 0 radical (unpaired) electrons. The van der Waals surface area contributed by atoms with E-state index in [9.17, 15) is 9.59 Å². The quantitative estimate of drug-likeness (QED) is 0.785. The van der Waals surface area contributed by atoms with Crippen molar-refractivity contribution in [1.29, 1.82) is 0 Å². The molecule has 3 fully saturated rings. The summed E-state index contributed by atoms with van der Waals surface area (Å²) >= 11 is 0. The van der Waals surface area contributed by atoms with Gasteiger partial charge in [0.1, 0.15) is 0 Å². The Labute approximate surface area is 114 Å². The third kappa shape index (κ3) is 2.48. The third-order valence-corrected chi connectivity index (χ3v) is 4.80. The van der Waals surface area contributed by atoms with Gasteiger partial charge < -0.3 is 15.1 Å². The molecule has 2 aliphatic heterocycles. The number of carbonyl (C=O) groups is 2. The molecule has 5 nitrogen and oxygen atoms in total. The number of rotatable bonds is 3. The van der Waals surface area contributed by atoms with Gasteiger partial charge in [0.2, 0.25) is 11.8 Å². The Bertz CT molecular complexity index is 376. The van der Waals surface area contributed by atoms with Gasteiger partial charge in [-0.2, -0.15) is 0 Å². The number of hydrogen-bond acceptors (Lipinski definition) is 3. The molecular formula is C14H23N3O2. The van der Waals surface area contributed by atoms with Crippen LogP contribution >= 0.6 is 0 Å². The van der Waals surface area contributed by atoms with Crippen LogP contribution in [-0.4, -0.2) is 61.4 Å². The van der Waals surface area contributed by atoms with Gasteiger partial charge in [-0.05, 0) is 32.7 Å². The molecule has 0 aromatic heterocycles. The van der Waals surface area contributed by atoms with Crippen molar-refractivity contribution in [3.8, 4) is 0 Å². The van der Waals surface area contributed by atoms with Gasteiger partial charge in [-0.15, -0.1) is 0 Å². The van der Waals surface area contributed by atoms with Crippen LogP contribution in [0.15, 0.2) is 0 Å². The minimum absolute atomic E-state index is 0.197. The van der Waals surface area contributed by atoms with E-state index in [2.05, 4.69) is 5.32 Å². The lowest BCUT2D eigenvalue weighted by molar-refractivity contribution is -0.151. The molecule has 0 bridgehead atoms. The van der Waals surface area contributed by atoms with Crippen molar-refractivity contribution in [2.24, 2.45) is 11.3 Å². The second-order valence-corrected chi connectivity index (χ2v) is 6.38. The minimum atomic E-state index is 0.197. The van der Waals surface area contributed by atoms with Crippen molar-refractivity contribution < 1.29 is 9.59 Å². The summed E-state index contributed by atoms with van der Waals surface area (Å²) in [6.07, 6.45) is 4.29. The summed E-state index contributed by atoms with van der Waals surface area (Å²) in [4.78, 5) is 27.7. The van der Waals surface area contributed by atoms with Gasteiger partial charge in [-0.3, -0.25) is 9.59 Å². The van der Waals surface area contributed by atoms with Crippen molar-refractivity contribution in [2.45, 2.75) is 25.7 Å². The number of likely N-dealkylation sites (tertiary alicyclic amines) is 2. The summed E-state index contributed by atoms with van der Waals surface area (Å²) in [5.74, 6) is 0.913. The average Bonchev–Trinajstić information content (AvgIpc) is 3.20. The topological polar surface area (TPSA) is 52.7 Å². The van der Waals surface area contributed by atoms with Crippen molar-refractivity contribution in [1.82, 2.24) is 15.1 Å². The Morgan fingerprint density at radius 1 is 1.16 bits per heavy atom. The second-order valence-electron chi connectivity index (χ2n) is 6.38. The zero-order valence-electron chi connectivity index (χ0n) is 11.7. The Morgan fingerprint density at radius 3 is 2.32 bits per heavy atom. The van der Waals surface area contributed by atoms with Crippen LogP contribution in [0, 0.1) is 11.3 Å². The molecule has 1 saturated carbocycles. The van der Waals surface area contributed by atoms with Crippen molar-refractivity contribution in [3.05, 3.63) is 0 Å². The molecule has 0 unspecified atom stereocenters. The van der Waals surface area contributed by atoms with E-state index in [1.54, 1.807) is 7.05 Å². The SMILES string of the molecule is CNCC(=O)N1CCC2(CC1)CN(C(=O)C1CC1)C2. The third-order valence-electron chi connectivity index (χ3n) is 4.80. The molecule has 5 heteroatoms. The number of amides is 2. The highest BCUT2D eigenvalue weighted by Gasteiger charge is 2.49. The molecular weight excluding hydrogens is 242 g/mol. The monoisotopic (exact) mass is 265 g/mol. The first kappa shape index (κ1) is 12.9. The minimum Gasteiger partial charge on any atom is -0.342 e. The first-order valence-corrected chi connectivity index (χ1v) is 7.35. The number of nitrogens with zero attached hydrogens (tertiary/aromatic N) is 2. The number of piperidine rings is 1. The maximum absolute atomic E-state index is 11.9. The summed E-state index contributed by atoms with van der Waals surface area (Å²) in [6.45, 7) is 3.99. The Balaban J connectivity index is 1.46. The molecule has 2 amide bonds. The maximum Gasteiger partial charge on any atom is 0.236 e. The molecule has 0 aromatic carbocycles. The maximum atomic E-state index is 11.9. The smallest absolute Gasteiger partial charge is 0.236 e. The van der Waals surface area contributed by atoms with Gasteiger partial charge in [0.15, 0.2) is 0 Å². The standard InChI is InChI=1S/C14H23N3O2/c1-15-8-12(18)16-6-4-14(5-7-16)9-17(10-14)13(19)11-2-3-11/h11,15H,2-10H2,1H3. The fraction of sp³-hybridized carbons (Fsp3) is 0.857. The number of nitrogens with one attached hydrogen (secondary N) is 1. The van der Waals surface area contributed by atoms with E-state index in [0.717, 1.165) is 51.9 Å². The summed E-state index contributed by atoms with van der Waals surface area (Å²) < 4.78 is 0. The van der Waals surface area contributed by atoms with Gasteiger partial charge in [0.25, 0.3) is 0 Å². The van der Waals surface area contributed by atoms with Crippen molar-refractivity contribution in [3.63, 3.8) is 0 Å². The molecule has 3 aliphatic rings. The Kier molecular flexibility index (Phi) is 3.25. The van der Waals surface area contributed by atoms with Gasteiger partial charge in [-0.1, -0.05) is 0 Å². The fourth-order valence-corrected chi connectivity index (χ4v) is 3.32. The highest BCUT2D eigenvalue weighted by molar-refractivity contribution is 5.82. The van der Waals surface area contributed by atoms with E-state index in [0.29, 0.717) is 23.8 Å². The normalized spacial score (nSPS) is 25.3. The lowest BCUT2D eigenvalue weighted by Crippen LogP contribution is -2.62. The molecule has 19 heavy (non-hydrogen) atoms. The average molecular weight is 265 g/mol. The largest absolute Gasteiger partial charge is 0.342 e. The van der Waals surface area contributed by atoms with E-state index in [-0.39, 0.29) is 5.91 Å². The van der Waals surface area contributed by atoms with Gasteiger partial charge in [-0.25, -0.2) is 0 Å². The highest BCUT2D eigenvalue weighted by atomic mass is 16.2. The zero-order valence-corrected chi connectivity index (χ0v) is 11.7. The summed E-state index contributed by atoms with van der Waals surface area (Å²) in [5.41, 5.74) is 0.320. The lowest BCUT2D eigenvalue weighted by Gasteiger charge is -2.54. The van der Waals surface area contributed by atoms with E-state index < -0.39 is 0 Å². The molecule has 0 aromatic rings. The zero-order chi connectivity index (χ0) is 13.5. The van der Waals surface area contributed by atoms with Gasteiger partial charge in [0, 0.05) is 37.5 Å². The summed E-state index contributed by atoms with van der Waals surface area (Å²) in [6, 6.07) is 0. The molecule has 2 heterocycles. The molecule has 1 spiro atoms. The van der Waals surface area contributed by atoms with Crippen LogP contribution in [0.4, 0.5) is 0 Å². The second kappa shape index (κ2) is 4.78.